The fraction of sp³-hybridized carbons (Fsp3) is 0.417. The van der Waals surface area contributed by atoms with Gasteiger partial charge < -0.3 is 14.6 Å². The highest BCUT2D eigenvalue weighted by Crippen LogP contribution is 2.47. The third-order valence-corrected chi connectivity index (χ3v) is 5.98. The Bertz CT molecular complexity index is 1030. The highest BCUT2D eigenvalue weighted by molar-refractivity contribution is 5.99. The second-order valence-corrected chi connectivity index (χ2v) is 8.53. The van der Waals surface area contributed by atoms with Crippen molar-refractivity contribution in [2.45, 2.75) is 46.1 Å². The Labute approximate surface area is 187 Å². The first-order valence-electron chi connectivity index (χ1n) is 10.1. The average molecular weight is 443 g/mol. The topological polar surface area (TPSA) is 116 Å². The van der Waals surface area contributed by atoms with E-state index in [1.807, 2.05) is 0 Å². The first-order chi connectivity index (χ1) is 14.9. The summed E-state index contributed by atoms with van der Waals surface area (Å²) in [5, 5.41) is 22.7. The van der Waals surface area contributed by atoms with E-state index in [-0.39, 0.29) is 24.3 Å². The van der Waals surface area contributed by atoms with Crippen LogP contribution in [0.4, 0.5) is 5.69 Å². The maximum Gasteiger partial charge on any atom is 0.330 e. The summed E-state index contributed by atoms with van der Waals surface area (Å²) in [5.41, 5.74) is -0.244. The summed E-state index contributed by atoms with van der Waals surface area (Å²) >= 11 is 0. The Hall–Kier alpha value is -3.26. The van der Waals surface area contributed by atoms with E-state index < -0.39 is 21.9 Å². The lowest BCUT2D eigenvalue weighted by Crippen LogP contribution is -2.49. The van der Waals surface area contributed by atoms with E-state index >= 15 is 0 Å². The first-order valence-corrected chi connectivity index (χ1v) is 10.1. The summed E-state index contributed by atoms with van der Waals surface area (Å²) < 4.78 is 9.92. The Kier molecular flexibility index (Phi) is 7.41. The summed E-state index contributed by atoms with van der Waals surface area (Å²) in [5.74, 6) is -0.309. The molecule has 2 rings (SSSR count). The average Bonchev–Trinajstić information content (AvgIpc) is 2.73. The van der Waals surface area contributed by atoms with Crippen LogP contribution in [0, 0.1) is 15.5 Å². The van der Waals surface area contributed by atoms with Gasteiger partial charge in [-0.1, -0.05) is 19.9 Å². The number of ketones is 1. The van der Waals surface area contributed by atoms with Crippen LogP contribution in [0.2, 0.25) is 0 Å². The number of hydrogen-bond donors (Lipinski definition) is 1. The van der Waals surface area contributed by atoms with Gasteiger partial charge >= 0.3 is 5.97 Å². The summed E-state index contributed by atoms with van der Waals surface area (Å²) in [6.07, 6.45) is 4.80. The molecule has 0 heterocycles. The SMILES string of the molecule is COC(=O)/C=C(C)\C=C\[C@@]1(O)C(C)=C(Cc2ccc([N+](=O)[O-])cc2OC)C(=O)CC1(C)C. The molecule has 1 aliphatic rings. The van der Waals surface area contributed by atoms with Crippen molar-refractivity contribution in [3.63, 3.8) is 0 Å². The Morgan fingerprint density at radius 2 is 1.97 bits per heavy atom. The van der Waals surface area contributed by atoms with Gasteiger partial charge in [-0.3, -0.25) is 14.9 Å². The molecule has 0 saturated heterocycles. The lowest BCUT2D eigenvalue weighted by Gasteiger charge is -2.46. The molecule has 1 atom stereocenters. The van der Waals surface area contributed by atoms with Crippen molar-refractivity contribution in [3.05, 3.63) is 68.8 Å². The number of nitro benzene ring substituents is 1. The Morgan fingerprint density at radius 1 is 1.31 bits per heavy atom. The smallest absolute Gasteiger partial charge is 0.330 e. The number of rotatable bonds is 7. The van der Waals surface area contributed by atoms with Crippen LogP contribution in [0.1, 0.15) is 39.7 Å². The molecule has 0 fully saturated rings. The monoisotopic (exact) mass is 443 g/mol. The number of carbonyl (C=O) groups excluding carboxylic acids is 2. The summed E-state index contributed by atoms with van der Waals surface area (Å²) in [7, 11) is 2.69. The number of aliphatic hydroxyl groups is 1. The number of nitro groups is 1. The van der Waals surface area contributed by atoms with Crippen molar-refractivity contribution in [1.82, 2.24) is 0 Å². The highest BCUT2D eigenvalue weighted by Gasteiger charge is 2.49. The van der Waals surface area contributed by atoms with Crippen molar-refractivity contribution < 1.29 is 29.1 Å². The number of non-ortho nitro benzene ring substituents is 1. The van der Waals surface area contributed by atoms with E-state index in [1.165, 1.54) is 32.4 Å². The number of methoxy groups -OCH3 is 2. The number of ether oxygens (including phenoxy) is 2. The minimum absolute atomic E-state index is 0.104. The highest BCUT2D eigenvalue weighted by atomic mass is 16.6. The van der Waals surface area contributed by atoms with Gasteiger partial charge in [0, 0.05) is 36.0 Å². The molecule has 8 nitrogen and oxygen atoms in total. The fourth-order valence-electron chi connectivity index (χ4n) is 3.90. The molecule has 1 aromatic carbocycles. The third-order valence-electron chi connectivity index (χ3n) is 5.98. The zero-order valence-electron chi connectivity index (χ0n) is 19.2. The normalized spacial score (nSPS) is 21.1. The van der Waals surface area contributed by atoms with Crippen LogP contribution in [0.15, 0.2) is 53.1 Å². The van der Waals surface area contributed by atoms with Crippen LogP contribution in [0.3, 0.4) is 0 Å². The molecule has 1 N–H and O–H groups in total. The van der Waals surface area contributed by atoms with E-state index in [0.29, 0.717) is 28.0 Å². The van der Waals surface area contributed by atoms with Crippen molar-refractivity contribution in [3.8, 4) is 5.75 Å². The molecule has 8 heteroatoms. The largest absolute Gasteiger partial charge is 0.496 e. The summed E-state index contributed by atoms with van der Waals surface area (Å²) in [6.45, 7) is 7.03. The molecule has 0 amide bonds. The maximum absolute atomic E-state index is 13.0. The first kappa shape index (κ1) is 25.0. The van der Waals surface area contributed by atoms with Crippen molar-refractivity contribution in [2.75, 3.05) is 14.2 Å². The minimum atomic E-state index is -1.45. The van der Waals surface area contributed by atoms with E-state index in [9.17, 15) is 24.8 Å². The number of Topliss-reactive ketones (excluding diaryl/α,β-unsaturated/α-hetero) is 1. The minimum Gasteiger partial charge on any atom is -0.496 e. The van der Waals surface area contributed by atoms with E-state index in [2.05, 4.69) is 4.74 Å². The van der Waals surface area contributed by atoms with Crippen LogP contribution in [0.25, 0.3) is 0 Å². The van der Waals surface area contributed by atoms with Crippen molar-refractivity contribution in [2.24, 2.45) is 5.41 Å². The van der Waals surface area contributed by atoms with Gasteiger partial charge in [-0.2, -0.15) is 0 Å². The van der Waals surface area contributed by atoms with Crippen molar-refractivity contribution in [1.29, 1.82) is 0 Å². The number of carbonyl (C=O) groups is 2. The van der Waals surface area contributed by atoms with Gasteiger partial charge in [0.2, 0.25) is 0 Å². The summed E-state index contributed by atoms with van der Waals surface area (Å²) in [6, 6.07) is 4.23. The standard InChI is InChI=1S/C24H29NO7/c1-15(11-22(27)32-6)9-10-24(28)16(2)19(20(26)14-23(24,3)4)12-17-7-8-18(25(29)30)13-21(17)31-5/h7-11,13,28H,12,14H2,1-6H3/b10-9+,15-11-/t24-/m1/s1. The van der Waals surface area contributed by atoms with Crippen LogP contribution in [0.5, 0.6) is 5.75 Å². The number of esters is 1. The van der Waals surface area contributed by atoms with Crippen LogP contribution in [-0.2, 0) is 20.7 Å². The molecule has 1 aliphatic carbocycles. The van der Waals surface area contributed by atoms with E-state index in [0.717, 1.165) is 0 Å². The number of allylic oxidation sites excluding steroid dienone is 3. The van der Waals surface area contributed by atoms with Gasteiger partial charge in [-0.25, -0.2) is 4.79 Å². The molecule has 172 valence electrons. The van der Waals surface area contributed by atoms with E-state index in [1.54, 1.807) is 45.9 Å². The lowest BCUT2D eigenvalue weighted by atomic mass is 9.62. The predicted molar refractivity (Wildman–Crippen MR) is 119 cm³/mol. The predicted octanol–water partition coefficient (Wildman–Crippen LogP) is 3.87. The number of nitrogens with zero attached hydrogens (tertiary/aromatic N) is 1. The fourth-order valence-corrected chi connectivity index (χ4v) is 3.90. The number of hydrogen-bond acceptors (Lipinski definition) is 7. The molecule has 32 heavy (non-hydrogen) atoms. The maximum atomic E-state index is 13.0. The Morgan fingerprint density at radius 3 is 2.53 bits per heavy atom. The van der Waals surface area contributed by atoms with Gasteiger partial charge in [0.15, 0.2) is 5.78 Å². The van der Waals surface area contributed by atoms with Gasteiger partial charge in [-0.05, 0) is 42.7 Å². The zero-order valence-corrected chi connectivity index (χ0v) is 19.2. The third kappa shape index (κ3) is 4.96. The molecule has 0 unspecified atom stereocenters. The molecular weight excluding hydrogens is 414 g/mol. The van der Waals surface area contributed by atoms with Crippen LogP contribution < -0.4 is 4.74 Å². The molecule has 0 saturated carbocycles. The molecule has 0 spiro atoms. The Balaban J connectivity index is 2.53. The zero-order chi connectivity index (χ0) is 24.3. The molecule has 1 aromatic rings. The molecule has 0 aromatic heterocycles. The van der Waals surface area contributed by atoms with Gasteiger partial charge in [0.1, 0.15) is 11.4 Å². The lowest BCUT2D eigenvalue weighted by molar-refractivity contribution is -0.384. The number of benzene rings is 1. The molecule has 0 aliphatic heterocycles. The second-order valence-electron chi connectivity index (χ2n) is 8.53. The van der Waals surface area contributed by atoms with Gasteiger partial charge in [-0.15, -0.1) is 0 Å². The van der Waals surface area contributed by atoms with Crippen LogP contribution >= 0.6 is 0 Å². The quantitative estimate of drug-likeness (QED) is 0.224. The van der Waals surface area contributed by atoms with E-state index in [4.69, 9.17) is 4.74 Å². The summed E-state index contributed by atoms with van der Waals surface area (Å²) in [4.78, 5) is 35.0. The van der Waals surface area contributed by atoms with Gasteiger partial charge in [0.25, 0.3) is 5.69 Å². The molecule has 0 bridgehead atoms. The van der Waals surface area contributed by atoms with Crippen molar-refractivity contribution >= 4 is 17.4 Å². The van der Waals surface area contributed by atoms with Crippen LogP contribution in [-0.4, -0.2) is 41.6 Å². The molecule has 0 radical (unpaired) electrons. The van der Waals surface area contributed by atoms with Gasteiger partial charge in [0.05, 0.1) is 25.2 Å². The molecular formula is C24H29NO7. The second kappa shape index (κ2) is 9.48.